The lowest BCUT2D eigenvalue weighted by molar-refractivity contribution is -0.117. The number of nitrogens with one attached hydrogen (secondary N) is 2. The predicted octanol–water partition coefficient (Wildman–Crippen LogP) is 0.695. The van der Waals surface area contributed by atoms with Crippen LogP contribution in [0.2, 0.25) is 0 Å². The first kappa shape index (κ1) is 12.9. The smallest absolute Gasteiger partial charge is 0.249 e. The van der Waals surface area contributed by atoms with Gasteiger partial charge in [0.25, 0.3) is 0 Å². The Balaban J connectivity index is 2.11. The molecule has 0 saturated carbocycles. The summed E-state index contributed by atoms with van der Waals surface area (Å²) in [6.07, 6.45) is 0. The van der Waals surface area contributed by atoms with E-state index in [-0.39, 0.29) is 11.9 Å². The molecule has 2 amide bonds. The van der Waals surface area contributed by atoms with Gasteiger partial charge in [-0.25, -0.2) is 0 Å². The Morgan fingerprint density at radius 1 is 1.50 bits per heavy atom. The Morgan fingerprint density at radius 2 is 2.28 bits per heavy atom. The maximum absolute atomic E-state index is 11.9. The minimum absolute atomic E-state index is 0.0840. The van der Waals surface area contributed by atoms with Crippen molar-refractivity contribution in [1.29, 1.82) is 0 Å². The minimum Gasteiger partial charge on any atom is -0.366 e. The second kappa shape index (κ2) is 5.41. The van der Waals surface area contributed by atoms with Crippen LogP contribution in [0.5, 0.6) is 0 Å². The predicted molar refractivity (Wildman–Crippen MR) is 72.6 cm³/mol. The minimum atomic E-state index is -0.488. The largest absolute Gasteiger partial charge is 0.366 e. The van der Waals surface area contributed by atoms with Crippen LogP contribution < -0.4 is 16.4 Å². The SMILES string of the molecule is Cc1ccc(NC(=O)C2CSCN2)cc1C(N)=O. The van der Waals surface area contributed by atoms with Gasteiger partial charge in [-0.15, -0.1) is 11.8 Å². The number of nitrogens with two attached hydrogens (primary N) is 1. The second-order valence-corrected chi connectivity index (χ2v) is 5.19. The van der Waals surface area contributed by atoms with Crippen molar-refractivity contribution in [3.63, 3.8) is 0 Å². The fourth-order valence-electron chi connectivity index (χ4n) is 1.76. The molecule has 1 unspecified atom stereocenters. The normalized spacial score (nSPS) is 18.6. The lowest BCUT2D eigenvalue weighted by atomic mass is 10.1. The molecule has 0 aromatic heterocycles. The van der Waals surface area contributed by atoms with E-state index in [0.717, 1.165) is 17.2 Å². The third-order valence-corrected chi connectivity index (χ3v) is 3.74. The average molecular weight is 265 g/mol. The molecule has 1 atom stereocenters. The summed E-state index contributed by atoms with van der Waals surface area (Å²) in [6.45, 7) is 1.81. The lowest BCUT2D eigenvalue weighted by Gasteiger charge is -2.11. The molecule has 0 bridgehead atoms. The van der Waals surface area contributed by atoms with E-state index in [2.05, 4.69) is 10.6 Å². The summed E-state index contributed by atoms with van der Waals surface area (Å²) in [5.74, 6) is 0.983. The molecule has 18 heavy (non-hydrogen) atoms. The van der Waals surface area contributed by atoms with E-state index in [0.29, 0.717) is 11.3 Å². The van der Waals surface area contributed by atoms with E-state index in [9.17, 15) is 9.59 Å². The van der Waals surface area contributed by atoms with Gasteiger partial charge in [-0.05, 0) is 24.6 Å². The summed E-state index contributed by atoms with van der Waals surface area (Å²) >= 11 is 1.69. The second-order valence-electron chi connectivity index (χ2n) is 4.16. The Hall–Kier alpha value is -1.53. The summed E-state index contributed by atoms with van der Waals surface area (Å²) in [5.41, 5.74) is 7.10. The number of hydrogen-bond donors (Lipinski definition) is 3. The third kappa shape index (κ3) is 2.83. The topological polar surface area (TPSA) is 84.2 Å². The van der Waals surface area contributed by atoms with Crippen LogP contribution in [0, 0.1) is 6.92 Å². The van der Waals surface area contributed by atoms with Gasteiger partial charge in [-0.2, -0.15) is 0 Å². The Bertz CT molecular complexity index is 484. The molecular formula is C12H15N3O2S. The maximum atomic E-state index is 11.9. The number of rotatable bonds is 3. The van der Waals surface area contributed by atoms with Crippen LogP contribution in [-0.4, -0.2) is 29.5 Å². The molecular weight excluding hydrogens is 250 g/mol. The van der Waals surface area contributed by atoms with Crippen molar-refractivity contribution >= 4 is 29.3 Å². The molecule has 2 rings (SSSR count). The number of anilines is 1. The monoisotopic (exact) mass is 265 g/mol. The average Bonchev–Trinajstić information content (AvgIpc) is 2.85. The molecule has 1 aromatic carbocycles. The fraction of sp³-hybridized carbons (Fsp3) is 0.333. The van der Waals surface area contributed by atoms with Gasteiger partial charge >= 0.3 is 0 Å². The number of benzene rings is 1. The summed E-state index contributed by atoms with van der Waals surface area (Å²) < 4.78 is 0. The molecule has 1 aliphatic rings. The fourth-order valence-corrected chi connectivity index (χ4v) is 2.70. The highest BCUT2D eigenvalue weighted by atomic mass is 32.2. The third-order valence-electron chi connectivity index (χ3n) is 2.80. The van der Waals surface area contributed by atoms with Gasteiger partial charge in [0.05, 0.1) is 6.04 Å². The van der Waals surface area contributed by atoms with Gasteiger partial charge in [0, 0.05) is 22.9 Å². The van der Waals surface area contributed by atoms with Crippen molar-refractivity contribution in [3.05, 3.63) is 29.3 Å². The molecule has 0 aliphatic carbocycles. The number of amides is 2. The van der Waals surface area contributed by atoms with Gasteiger partial charge in [-0.1, -0.05) is 6.07 Å². The van der Waals surface area contributed by atoms with Crippen LogP contribution in [0.3, 0.4) is 0 Å². The summed E-state index contributed by atoms with van der Waals surface area (Å²) in [4.78, 5) is 23.1. The Kier molecular flexibility index (Phi) is 3.88. The van der Waals surface area contributed by atoms with E-state index in [1.165, 1.54) is 0 Å². The molecule has 0 radical (unpaired) electrons. The number of carbonyl (C=O) groups excluding carboxylic acids is 2. The number of carbonyl (C=O) groups is 2. The van der Waals surface area contributed by atoms with Crippen LogP contribution in [-0.2, 0) is 4.79 Å². The molecule has 1 fully saturated rings. The number of primary amides is 1. The highest BCUT2D eigenvalue weighted by molar-refractivity contribution is 7.99. The van der Waals surface area contributed by atoms with E-state index in [4.69, 9.17) is 5.73 Å². The number of aryl methyl sites for hydroxylation is 1. The quantitative estimate of drug-likeness (QED) is 0.751. The first-order chi connectivity index (χ1) is 8.58. The van der Waals surface area contributed by atoms with Crippen molar-refractivity contribution < 1.29 is 9.59 Å². The molecule has 1 saturated heterocycles. The standard InChI is InChI=1S/C12H15N3O2S/c1-7-2-3-8(4-9(7)11(13)16)15-12(17)10-5-18-6-14-10/h2-4,10,14H,5-6H2,1H3,(H2,13,16)(H,15,17). The molecule has 1 aliphatic heterocycles. The van der Waals surface area contributed by atoms with Gasteiger partial charge in [0.15, 0.2) is 0 Å². The van der Waals surface area contributed by atoms with Crippen molar-refractivity contribution in [2.45, 2.75) is 13.0 Å². The van der Waals surface area contributed by atoms with E-state index >= 15 is 0 Å². The Labute approximate surface area is 110 Å². The van der Waals surface area contributed by atoms with Crippen LogP contribution in [0.4, 0.5) is 5.69 Å². The van der Waals surface area contributed by atoms with Crippen molar-refractivity contribution in [2.24, 2.45) is 5.73 Å². The zero-order chi connectivity index (χ0) is 13.1. The maximum Gasteiger partial charge on any atom is 0.249 e. The van der Waals surface area contributed by atoms with Gasteiger partial charge in [0.2, 0.25) is 11.8 Å². The molecule has 1 aromatic rings. The molecule has 4 N–H and O–H groups in total. The zero-order valence-corrected chi connectivity index (χ0v) is 10.8. The van der Waals surface area contributed by atoms with E-state index in [1.54, 1.807) is 36.9 Å². The first-order valence-corrected chi connectivity index (χ1v) is 6.76. The highest BCUT2D eigenvalue weighted by Crippen LogP contribution is 2.16. The van der Waals surface area contributed by atoms with Crippen molar-refractivity contribution in [2.75, 3.05) is 16.9 Å². The van der Waals surface area contributed by atoms with Crippen LogP contribution in [0.25, 0.3) is 0 Å². The zero-order valence-electron chi connectivity index (χ0n) is 10.0. The van der Waals surface area contributed by atoms with E-state index in [1.807, 2.05) is 0 Å². The van der Waals surface area contributed by atoms with Crippen molar-refractivity contribution in [3.8, 4) is 0 Å². The summed E-state index contributed by atoms with van der Waals surface area (Å²) in [7, 11) is 0. The van der Waals surface area contributed by atoms with Crippen LogP contribution in [0.15, 0.2) is 18.2 Å². The van der Waals surface area contributed by atoms with Crippen LogP contribution in [0.1, 0.15) is 15.9 Å². The van der Waals surface area contributed by atoms with Gasteiger partial charge in [-0.3, -0.25) is 14.9 Å². The molecule has 6 heteroatoms. The van der Waals surface area contributed by atoms with Gasteiger partial charge < -0.3 is 11.1 Å². The first-order valence-electron chi connectivity index (χ1n) is 5.60. The van der Waals surface area contributed by atoms with Gasteiger partial charge in [0.1, 0.15) is 0 Å². The summed E-state index contributed by atoms with van der Waals surface area (Å²) in [6, 6.07) is 4.97. The highest BCUT2D eigenvalue weighted by Gasteiger charge is 2.22. The van der Waals surface area contributed by atoms with Crippen molar-refractivity contribution in [1.82, 2.24) is 5.32 Å². The lowest BCUT2D eigenvalue weighted by Crippen LogP contribution is -2.37. The number of thioether (sulfide) groups is 1. The number of hydrogen-bond acceptors (Lipinski definition) is 4. The molecule has 5 nitrogen and oxygen atoms in total. The molecule has 96 valence electrons. The summed E-state index contributed by atoms with van der Waals surface area (Å²) in [5, 5.41) is 5.87. The Morgan fingerprint density at radius 3 is 2.89 bits per heavy atom. The van der Waals surface area contributed by atoms with Crippen LogP contribution >= 0.6 is 11.8 Å². The molecule has 1 heterocycles. The molecule has 0 spiro atoms. The van der Waals surface area contributed by atoms with E-state index < -0.39 is 5.91 Å².